The highest BCUT2D eigenvalue weighted by Gasteiger charge is 2.23. The Bertz CT molecular complexity index is 684. The van der Waals surface area contributed by atoms with Crippen LogP contribution in [0.4, 0.5) is 4.39 Å². The number of amides is 1. The Hall–Kier alpha value is -1.81. The highest BCUT2D eigenvalue weighted by molar-refractivity contribution is 7.99. The third-order valence-corrected chi connectivity index (χ3v) is 5.06. The molecule has 3 rings (SSSR count). The summed E-state index contributed by atoms with van der Waals surface area (Å²) in [5.41, 5.74) is 2.74. The van der Waals surface area contributed by atoms with E-state index < -0.39 is 0 Å². The zero-order valence-electron chi connectivity index (χ0n) is 12.4. The number of benzene rings is 2. The van der Waals surface area contributed by atoms with Crippen molar-refractivity contribution in [2.24, 2.45) is 0 Å². The number of thioether (sulfide) groups is 1. The Labute approximate surface area is 134 Å². The van der Waals surface area contributed by atoms with Crippen LogP contribution in [-0.2, 0) is 6.42 Å². The average molecular weight is 315 g/mol. The quantitative estimate of drug-likeness (QED) is 0.912. The summed E-state index contributed by atoms with van der Waals surface area (Å²) in [6.45, 7) is 2.08. The second kappa shape index (κ2) is 6.53. The molecule has 0 radical (unpaired) electrons. The number of fused-ring (bicyclic) bond motifs is 1. The maximum Gasteiger partial charge on any atom is 0.251 e. The molecule has 114 valence electrons. The zero-order chi connectivity index (χ0) is 15.5. The molecule has 1 aliphatic heterocycles. The van der Waals surface area contributed by atoms with Gasteiger partial charge in [-0.05, 0) is 54.3 Å². The predicted molar refractivity (Wildman–Crippen MR) is 87.8 cm³/mol. The van der Waals surface area contributed by atoms with E-state index >= 15 is 0 Å². The normalized spacial score (nSPS) is 16.9. The largest absolute Gasteiger partial charge is 0.345 e. The van der Waals surface area contributed by atoms with Gasteiger partial charge in [0.1, 0.15) is 5.82 Å². The molecule has 0 unspecified atom stereocenters. The Morgan fingerprint density at radius 1 is 1.27 bits per heavy atom. The number of rotatable bonds is 3. The van der Waals surface area contributed by atoms with E-state index in [-0.39, 0.29) is 17.8 Å². The lowest BCUT2D eigenvalue weighted by Gasteiger charge is -2.26. The molecule has 2 aromatic carbocycles. The molecule has 1 aliphatic rings. The van der Waals surface area contributed by atoms with Crippen molar-refractivity contribution in [2.45, 2.75) is 30.7 Å². The summed E-state index contributed by atoms with van der Waals surface area (Å²) in [4.78, 5) is 13.5. The molecule has 2 aromatic rings. The van der Waals surface area contributed by atoms with Crippen molar-refractivity contribution >= 4 is 17.7 Å². The number of aryl methyl sites for hydroxylation is 1. The zero-order valence-corrected chi connectivity index (χ0v) is 13.3. The van der Waals surface area contributed by atoms with Crippen LogP contribution in [0.3, 0.4) is 0 Å². The SMILES string of the molecule is CCc1ccc(C(=O)N[C@H]2CCSc3ccc(F)cc32)cc1. The Balaban J connectivity index is 1.78. The third kappa shape index (κ3) is 3.17. The fourth-order valence-electron chi connectivity index (χ4n) is 2.65. The van der Waals surface area contributed by atoms with E-state index in [1.807, 2.05) is 24.3 Å². The van der Waals surface area contributed by atoms with Crippen molar-refractivity contribution in [2.75, 3.05) is 5.75 Å². The van der Waals surface area contributed by atoms with Gasteiger partial charge < -0.3 is 5.32 Å². The minimum absolute atomic E-state index is 0.102. The van der Waals surface area contributed by atoms with Crippen molar-refractivity contribution in [3.8, 4) is 0 Å². The van der Waals surface area contributed by atoms with Gasteiger partial charge in [0.25, 0.3) is 5.91 Å². The lowest BCUT2D eigenvalue weighted by atomic mass is 10.0. The number of halogens is 1. The van der Waals surface area contributed by atoms with Gasteiger partial charge in [-0.3, -0.25) is 4.79 Å². The van der Waals surface area contributed by atoms with E-state index in [0.29, 0.717) is 5.56 Å². The van der Waals surface area contributed by atoms with Gasteiger partial charge >= 0.3 is 0 Å². The Morgan fingerprint density at radius 2 is 2.05 bits per heavy atom. The molecule has 0 saturated heterocycles. The van der Waals surface area contributed by atoms with Crippen LogP contribution in [0.25, 0.3) is 0 Å². The molecule has 22 heavy (non-hydrogen) atoms. The van der Waals surface area contributed by atoms with Gasteiger partial charge in [0, 0.05) is 16.2 Å². The van der Waals surface area contributed by atoms with Gasteiger partial charge in [-0.1, -0.05) is 19.1 Å². The van der Waals surface area contributed by atoms with Crippen molar-refractivity contribution in [1.82, 2.24) is 5.32 Å². The van der Waals surface area contributed by atoms with Crippen LogP contribution in [0, 0.1) is 5.82 Å². The van der Waals surface area contributed by atoms with Crippen molar-refractivity contribution in [3.63, 3.8) is 0 Å². The standard InChI is InChI=1S/C18H18FNOS/c1-2-12-3-5-13(6-4-12)18(21)20-16-9-10-22-17-8-7-14(19)11-15(16)17/h3-8,11,16H,2,9-10H2,1H3,(H,20,21)/t16-/m0/s1. The van der Waals surface area contributed by atoms with E-state index in [1.54, 1.807) is 17.8 Å². The van der Waals surface area contributed by atoms with Crippen LogP contribution in [0.2, 0.25) is 0 Å². The maximum absolute atomic E-state index is 13.5. The average Bonchev–Trinajstić information content (AvgIpc) is 2.55. The highest BCUT2D eigenvalue weighted by atomic mass is 32.2. The molecular formula is C18H18FNOS. The molecule has 0 saturated carbocycles. The first-order valence-corrected chi connectivity index (χ1v) is 8.48. The summed E-state index contributed by atoms with van der Waals surface area (Å²) in [5.74, 6) is 0.570. The smallest absolute Gasteiger partial charge is 0.251 e. The molecule has 0 spiro atoms. The minimum atomic E-state index is -0.257. The Morgan fingerprint density at radius 3 is 2.77 bits per heavy atom. The molecular weight excluding hydrogens is 297 g/mol. The summed E-state index contributed by atoms with van der Waals surface area (Å²) in [6, 6.07) is 12.3. The first-order chi connectivity index (χ1) is 10.7. The van der Waals surface area contributed by atoms with Crippen LogP contribution < -0.4 is 5.32 Å². The monoisotopic (exact) mass is 315 g/mol. The fourth-order valence-corrected chi connectivity index (χ4v) is 3.75. The van der Waals surface area contributed by atoms with Gasteiger partial charge in [-0.2, -0.15) is 0 Å². The van der Waals surface area contributed by atoms with Crippen molar-refractivity contribution in [1.29, 1.82) is 0 Å². The lowest BCUT2D eigenvalue weighted by Crippen LogP contribution is -2.30. The summed E-state index contributed by atoms with van der Waals surface area (Å²) < 4.78 is 13.5. The first kappa shape index (κ1) is 15.1. The second-order valence-electron chi connectivity index (χ2n) is 5.40. The molecule has 1 amide bonds. The molecule has 1 heterocycles. The summed E-state index contributed by atoms with van der Waals surface area (Å²) in [6.07, 6.45) is 1.77. The van der Waals surface area contributed by atoms with E-state index in [1.165, 1.54) is 17.7 Å². The molecule has 0 aromatic heterocycles. The van der Waals surface area contributed by atoms with E-state index in [9.17, 15) is 9.18 Å². The summed E-state index contributed by atoms with van der Waals surface area (Å²) in [7, 11) is 0. The fraction of sp³-hybridized carbons (Fsp3) is 0.278. The van der Waals surface area contributed by atoms with E-state index in [0.717, 1.165) is 29.1 Å². The van der Waals surface area contributed by atoms with Crippen molar-refractivity contribution < 1.29 is 9.18 Å². The van der Waals surface area contributed by atoms with Gasteiger partial charge in [0.2, 0.25) is 0 Å². The molecule has 4 heteroatoms. The number of carbonyl (C=O) groups excluding carboxylic acids is 1. The van der Waals surface area contributed by atoms with Gasteiger partial charge in [0.05, 0.1) is 6.04 Å². The molecule has 0 aliphatic carbocycles. The first-order valence-electron chi connectivity index (χ1n) is 7.49. The number of hydrogen-bond donors (Lipinski definition) is 1. The van der Waals surface area contributed by atoms with E-state index in [2.05, 4.69) is 12.2 Å². The molecule has 1 N–H and O–H groups in total. The minimum Gasteiger partial charge on any atom is -0.345 e. The molecule has 1 atom stereocenters. The number of nitrogens with one attached hydrogen (secondary N) is 1. The van der Waals surface area contributed by atoms with Crippen LogP contribution in [0.1, 0.15) is 40.9 Å². The Kier molecular flexibility index (Phi) is 4.48. The third-order valence-electron chi connectivity index (χ3n) is 3.94. The number of hydrogen-bond acceptors (Lipinski definition) is 2. The van der Waals surface area contributed by atoms with Gasteiger partial charge in [-0.25, -0.2) is 4.39 Å². The summed E-state index contributed by atoms with van der Waals surface area (Å²) >= 11 is 1.71. The molecule has 0 bridgehead atoms. The van der Waals surface area contributed by atoms with Crippen LogP contribution in [-0.4, -0.2) is 11.7 Å². The highest BCUT2D eigenvalue weighted by Crippen LogP contribution is 2.36. The maximum atomic E-state index is 13.5. The summed E-state index contributed by atoms with van der Waals surface area (Å²) in [5, 5.41) is 3.04. The second-order valence-corrected chi connectivity index (χ2v) is 6.53. The van der Waals surface area contributed by atoms with Gasteiger partial charge in [-0.15, -0.1) is 11.8 Å². The van der Waals surface area contributed by atoms with E-state index in [4.69, 9.17) is 0 Å². The van der Waals surface area contributed by atoms with Crippen LogP contribution >= 0.6 is 11.8 Å². The van der Waals surface area contributed by atoms with Crippen LogP contribution in [0.5, 0.6) is 0 Å². The predicted octanol–water partition coefficient (Wildman–Crippen LogP) is 4.36. The lowest BCUT2D eigenvalue weighted by molar-refractivity contribution is 0.0935. The van der Waals surface area contributed by atoms with Crippen molar-refractivity contribution in [3.05, 3.63) is 65.0 Å². The molecule has 2 nitrogen and oxygen atoms in total. The molecule has 0 fully saturated rings. The van der Waals surface area contributed by atoms with Gasteiger partial charge in [0.15, 0.2) is 0 Å². The number of carbonyl (C=O) groups is 1. The topological polar surface area (TPSA) is 29.1 Å². The van der Waals surface area contributed by atoms with Crippen LogP contribution in [0.15, 0.2) is 47.4 Å².